The number of carbonyl (C=O) groups is 3. The lowest BCUT2D eigenvalue weighted by Crippen LogP contribution is -2.24. The van der Waals surface area contributed by atoms with Gasteiger partial charge in [0, 0.05) is 31.0 Å². The summed E-state index contributed by atoms with van der Waals surface area (Å²) in [5, 5.41) is 12.7. The van der Waals surface area contributed by atoms with Crippen molar-refractivity contribution >= 4 is 34.9 Å². The predicted octanol–water partition coefficient (Wildman–Crippen LogP) is 3.32. The van der Waals surface area contributed by atoms with Gasteiger partial charge in [-0.05, 0) is 42.0 Å². The Labute approximate surface area is 188 Å². The Morgan fingerprint density at radius 1 is 1.09 bits per heavy atom. The monoisotopic (exact) mass is 451 g/mol. The summed E-state index contributed by atoms with van der Waals surface area (Å²) in [4.78, 5) is 36.4. The number of halogens is 1. The van der Waals surface area contributed by atoms with Gasteiger partial charge in [0.25, 0.3) is 5.91 Å². The second kappa shape index (κ2) is 9.21. The van der Waals surface area contributed by atoms with Gasteiger partial charge in [-0.3, -0.25) is 14.4 Å². The van der Waals surface area contributed by atoms with Crippen LogP contribution in [-0.4, -0.2) is 34.6 Å². The number of methoxy groups -OCH3 is 1. The van der Waals surface area contributed by atoms with Crippen LogP contribution in [0.3, 0.4) is 0 Å². The van der Waals surface area contributed by atoms with Gasteiger partial charge in [0.2, 0.25) is 11.8 Å². The number of amides is 3. The first-order valence-electron chi connectivity index (χ1n) is 10.2. The number of carbonyl (C=O) groups excluding carboxylic acids is 3. The van der Waals surface area contributed by atoms with Crippen molar-refractivity contribution in [3.8, 4) is 11.1 Å². The summed E-state index contributed by atoms with van der Waals surface area (Å²) in [6.07, 6.45) is -0.136. The van der Waals surface area contributed by atoms with Crippen LogP contribution >= 0.6 is 0 Å². The van der Waals surface area contributed by atoms with Gasteiger partial charge >= 0.3 is 0 Å². The number of fused-ring (bicyclic) bond motifs is 1. The van der Waals surface area contributed by atoms with Gasteiger partial charge < -0.3 is 20.7 Å². The van der Waals surface area contributed by atoms with Crippen LogP contribution in [0.15, 0.2) is 48.5 Å². The minimum atomic E-state index is -0.844. The second-order valence-electron chi connectivity index (χ2n) is 7.57. The van der Waals surface area contributed by atoms with Crippen LogP contribution in [0.25, 0.3) is 11.1 Å². The molecule has 9 nitrogen and oxygen atoms in total. The third kappa shape index (κ3) is 4.75. The number of ether oxygens (including phenoxy) is 1. The first kappa shape index (κ1) is 22.2. The van der Waals surface area contributed by atoms with Crippen LogP contribution in [0.5, 0.6) is 0 Å². The molecule has 0 radical (unpaired) electrons. The number of nitrogens with one attached hydrogen (secondary N) is 3. The lowest BCUT2D eigenvalue weighted by molar-refractivity contribution is -0.123. The van der Waals surface area contributed by atoms with Gasteiger partial charge in [-0.2, -0.15) is 5.10 Å². The van der Waals surface area contributed by atoms with E-state index >= 15 is 0 Å². The summed E-state index contributed by atoms with van der Waals surface area (Å²) >= 11 is 0. The van der Waals surface area contributed by atoms with Crippen molar-refractivity contribution < 1.29 is 23.5 Å². The Morgan fingerprint density at radius 2 is 1.73 bits per heavy atom. The van der Waals surface area contributed by atoms with Crippen LogP contribution < -0.4 is 16.0 Å². The van der Waals surface area contributed by atoms with Gasteiger partial charge in [0.05, 0.1) is 18.7 Å². The summed E-state index contributed by atoms with van der Waals surface area (Å²) in [7, 11) is 1.53. The Kier molecular flexibility index (Phi) is 6.18. The first-order chi connectivity index (χ1) is 15.9. The molecule has 0 saturated heterocycles. The van der Waals surface area contributed by atoms with Crippen LogP contribution in [0.2, 0.25) is 0 Å². The van der Waals surface area contributed by atoms with E-state index in [0.717, 1.165) is 0 Å². The molecule has 0 fully saturated rings. The van der Waals surface area contributed by atoms with Gasteiger partial charge in [-0.15, -0.1) is 0 Å². The zero-order chi connectivity index (χ0) is 23.5. The summed E-state index contributed by atoms with van der Waals surface area (Å²) in [5.41, 5.74) is 3.00. The molecule has 2 heterocycles. The lowest BCUT2D eigenvalue weighted by atomic mass is 10.1. The second-order valence-corrected chi connectivity index (χ2v) is 7.57. The molecule has 0 spiro atoms. The van der Waals surface area contributed by atoms with Crippen LogP contribution in [0.1, 0.15) is 25.1 Å². The largest absolute Gasteiger partial charge is 0.378 e. The molecule has 2 aromatic carbocycles. The summed E-state index contributed by atoms with van der Waals surface area (Å²) in [5.74, 6) is -0.860. The average molecular weight is 451 g/mol. The summed E-state index contributed by atoms with van der Waals surface area (Å²) < 4.78 is 20.1. The fraction of sp³-hybridized carbons (Fsp3) is 0.217. The van der Waals surface area contributed by atoms with Crippen molar-refractivity contribution in [2.24, 2.45) is 0 Å². The molecule has 0 saturated carbocycles. The number of benzene rings is 2. The molecule has 170 valence electrons. The van der Waals surface area contributed by atoms with E-state index in [1.54, 1.807) is 36.4 Å². The molecule has 3 amide bonds. The van der Waals surface area contributed by atoms with Crippen LogP contribution in [-0.2, 0) is 25.7 Å². The van der Waals surface area contributed by atoms with E-state index in [1.807, 2.05) is 0 Å². The van der Waals surface area contributed by atoms with E-state index in [0.29, 0.717) is 34.0 Å². The zero-order valence-electron chi connectivity index (χ0n) is 18.0. The summed E-state index contributed by atoms with van der Waals surface area (Å²) in [6, 6.07) is 11.6. The maximum Gasteiger partial charge on any atom is 0.251 e. The van der Waals surface area contributed by atoms with Gasteiger partial charge in [0.15, 0.2) is 0 Å². The maximum absolute atomic E-state index is 13.4. The number of rotatable bonds is 7. The number of hydrogen-bond acceptors (Lipinski definition) is 5. The van der Waals surface area contributed by atoms with Gasteiger partial charge in [-0.25, -0.2) is 9.07 Å². The van der Waals surface area contributed by atoms with E-state index in [-0.39, 0.29) is 36.6 Å². The number of nitrogens with zero attached hydrogens (tertiary/aromatic N) is 2. The third-order valence-corrected chi connectivity index (χ3v) is 5.10. The standard InChI is InChI=1S/C23H22FN5O4/c1-13(30)25-16-7-9-17(10-8-16)26-20(31)11-19-23(32)27-22-21(14-3-5-15(24)6-4-14)18(12-33-2)28-29(19)22/h3-10,19H,11-12H2,1-2H3,(H,25,30)(H,26,31)(H,27,32). The van der Waals surface area contributed by atoms with Crippen molar-refractivity contribution in [2.75, 3.05) is 23.1 Å². The quantitative estimate of drug-likeness (QED) is 0.510. The fourth-order valence-electron chi connectivity index (χ4n) is 3.70. The minimum Gasteiger partial charge on any atom is -0.378 e. The van der Waals surface area contributed by atoms with Crippen LogP contribution in [0.4, 0.5) is 21.6 Å². The average Bonchev–Trinajstić information content (AvgIpc) is 3.25. The van der Waals surface area contributed by atoms with E-state index in [1.165, 1.54) is 30.8 Å². The van der Waals surface area contributed by atoms with Crippen molar-refractivity contribution in [1.29, 1.82) is 0 Å². The maximum atomic E-state index is 13.4. The highest BCUT2D eigenvalue weighted by Gasteiger charge is 2.37. The molecule has 0 aliphatic carbocycles. The Balaban J connectivity index is 1.54. The van der Waals surface area contributed by atoms with Crippen molar-refractivity contribution in [3.63, 3.8) is 0 Å². The molecule has 3 aromatic rings. The molecule has 1 unspecified atom stereocenters. The normalized spacial score (nSPS) is 14.5. The van der Waals surface area contributed by atoms with E-state index in [2.05, 4.69) is 21.0 Å². The predicted molar refractivity (Wildman–Crippen MR) is 120 cm³/mol. The van der Waals surface area contributed by atoms with Gasteiger partial charge in [0.1, 0.15) is 17.7 Å². The SMILES string of the molecule is COCc1nn2c(c1-c1ccc(F)cc1)NC(=O)C2CC(=O)Nc1ccc(NC(C)=O)cc1. The Hall–Kier alpha value is -4.05. The molecule has 1 aliphatic rings. The molecule has 33 heavy (non-hydrogen) atoms. The smallest absolute Gasteiger partial charge is 0.251 e. The Bertz CT molecular complexity index is 1200. The molecule has 1 atom stereocenters. The molecule has 1 aliphatic heterocycles. The first-order valence-corrected chi connectivity index (χ1v) is 10.2. The number of anilines is 3. The van der Waals surface area contributed by atoms with E-state index < -0.39 is 6.04 Å². The number of hydrogen-bond donors (Lipinski definition) is 3. The Morgan fingerprint density at radius 3 is 2.33 bits per heavy atom. The minimum absolute atomic E-state index is 0.136. The topological polar surface area (TPSA) is 114 Å². The zero-order valence-corrected chi connectivity index (χ0v) is 18.0. The lowest BCUT2D eigenvalue weighted by Gasteiger charge is -2.11. The number of aromatic nitrogens is 2. The van der Waals surface area contributed by atoms with E-state index in [9.17, 15) is 18.8 Å². The molecule has 10 heteroatoms. The van der Waals surface area contributed by atoms with Crippen molar-refractivity contribution in [2.45, 2.75) is 26.0 Å². The molecule has 3 N–H and O–H groups in total. The van der Waals surface area contributed by atoms with Crippen molar-refractivity contribution in [3.05, 3.63) is 60.0 Å². The highest BCUT2D eigenvalue weighted by atomic mass is 19.1. The molecular formula is C23H22FN5O4. The van der Waals surface area contributed by atoms with Crippen LogP contribution in [0, 0.1) is 5.82 Å². The fourth-order valence-corrected chi connectivity index (χ4v) is 3.70. The van der Waals surface area contributed by atoms with Gasteiger partial charge in [-0.1, -0.05) is 12.1 Å². The molecule has 0 bridgehead atoms. The van der Waals surface area contributed by atoms with E-state index in [4.69, 9.17) is 4.74 Å². The molecule has 4 rings (SSSR count). The molecular weight excluding hydrogens is 429 g/mol. The van der Waals surface area contributed by atoms with Crippen molar-refractivity contribution in [1.82, 2.24) is 9.78 Å². The third-order valence-electron chi connectivity index (χ3n) is 5.10. The highest BCUT2D eigenvalue weighted by molar-refractivity contribution is 6.04. The highest BCUT2D eigenvalue weighted by Crippen LogP contribution is 2.39. The molecule has 1 aromatic heterocycles. The summed E-state index contributed by atoms with van der Waals surface area (Å²) in [6.45, 7) is 1.59.